The highest BCUT2D eigenvalue weighted by Crippen LogP contribution is 2.28. The lowest BCUT2D eigenvalue weighted by atomic mass is 10.2. The fourth-order valence-corrected chi connectivity index (χ4v) is 1.86. The first kappa shape index (κ1) is 12.7. The summed E-state index contributed by atoms with van der Waals surface area (Å²) in [6.07, 6.45) is 1.09. The summed E-state index contributed by atoms with van der Waals surface area (Å²) in [5.74, 6) is 0.582. The van der Waals surface area contributed by atoms with Gasteiger partial charge in [-0.15, -0.1) is 0 Å². The van der Waals surface area contributed by atoms with Gasteiger partial charge in [0.05, 0.1) is 4.92 Å². The summed E-state index contributed by atoms with van der Waals surface area (Å²) < 4.78 is 0. The van der Waals surface area contributed by atoms with Gasteiger partial charge in [0, 0.05) is 12.4 Å². The minimum absolute atomic E-state index is 0.00440. The van der Waals surface area contributed by atoms with Gasteiger partial charge in [-0.05, 0) is 5.92 Å². The van der Waals surface area contributed by atoms with Gasteiger partial charge in [0.15, 0.2) is 5.03 Å². The van der Waals surface area contributed by atoms with E-state index in [0.29, 0.717) is 5.75 Å². The highest BCUT2D eigenvalue weighted by molar-refractivity contribution is 7.99. The van der Waals surface area contributed by atoms with Gasteiger partial charge < -0.3 is 10.8 Å². The number of thioether (sulfide) groups is 1. The second-order valence-corrected chi connectivity index (χ2v) is 4.28. The largest absolute Gasteiger partial charge is 0.396 e. The topological polar surface area (TPSA) is 115 Å². The number of hydrogen-bond acceptors (Lipinski definition) is 7. The van der Waals surface area contributed by atoms with Crippen molar-refractivity contribution in [2.45, 2.75) is 11.9 Å². The third-order valence-electron chi connectivity index (χ3n) is 1.77. The van der Waals surface area contributed by atoms with E-state index in [1.54, 1.807) is 0 Å². The summed E-state index contributed by atoms with van der Waals surface area (Å²) in [6, 6.07) is 0. The van der Waals surface area contributed by atoms with Crippen molar-refractivity contribution in [3.8, 4) is 0 Å². The number of nitrogens with zero attached hydrogens (tertiary/aromatic N) is 3. The molecule has 1 aromatic rings. The molecule has 0 aliphatic heterocycles. The highest BCUT2D eigenvalue weighted by atomic mass is 32.2. The molecule has 1 rings (SSSR count). The number of nitrogen functional groups attached to an aromatic ring is 1. The maximum Gasteiger partial charge on any atom is 0.319 e. The van der Waals surface area contributed by atoms with Crippen LogP contribution in [0.2, 0.25) is 0 Å². The molecule has 0 radical (unpaired) electrons. The van der Waals surface area contributed by atoms with Crippen molar-refractivity contribution in [2.75, 3.05) is 18.1 Å². The predicted octanol–water partition coefficient (Wildman–Crippen LogP) is 0.688. The van der Waals surface area contributed by atoms with E-state index in [0.717, 1.165) is 6.20 Å². The second kappa shape index (κ2) is 5.61. The van der Waals surface area contributed by atoms with E-state index in [-0.39, 0.29) is 29.2 Å². The molecule has 1 aromatic heterocycles. The SMILES string of the molecule is CC(CO)CSc1nc(N)ncc1[N+](=O)[O-]. The molecule has 0 aliphatic rings. The number of aromatic nitrogens is 2. The van der Waals surface area contributed by atoms with Crippen LogP contribution in [0.5, 0.6) is 0 Å². The predicted molar refractivity (Wildman–Crippen MR) is 60.1 cm³/mol. The maximum absolute atomic E-state index is 10.7. The Morgan fingerprint density at radius 2 is 2.44 bits per heavy atom. The summed E-state index contributed by atoms with van der Waals surface area (Å²) >= 11 is 1.19. The third-order valence-corrected chi connectivity index (χ3v) is 3.08. The monoisotopic (exact) mass is 244 g/mol. The molecule has 3 N–H and O–H groups in total. The van der Waals surface area contributed by atoms with Crippen molar-refractivity contribution in [3.63, 3.8) is 0 Å². The molecule has 0 aliphatic carbocycles. The molecule has 1 atom stereocenters. The lowest BCUT2D eigenvalue weighted by Crippen LogP contribution is -2.05. The molecular formula is C8H12N4O3S. The fraction of sp³-hybridized carbons (Fsp3) is 0.500. The van der Waals surface area contributed by atoms with Crippen LogP contribution in [-0.4, -0.2) is 32.4 Å². The summed E-state index contributed by atoms with van der Waals surface area (Å²) in [7, 11) is 0. The molecule has 7 nitrogen and oxygen atoms in total. The van der Waals surface area contributed by atoms with Gasteiger partial charge in [0.2, 0.25) is 5.95 Å². The number of aliphatic hydroxyl groups excluding tert-OH is 1. The second-order valence-electron chi connectivity index (χ2n) is 3.27. The lowest BCUT2D eigenvalue weighted by Gasteiger charge is -2.06. The molecule has 0 aromatic carbocycles. The lowest BCUT2D eigenvalue weighted by molar-refractivity contribution is -0.388. The molecular weight excluding hydrogens is 232 g/mol. The molecule has 0 fully saturated rings. The Labute approximate surface area is 96.2 Å². The van der Waals surface area contributed by atoms with Crippen LogP contribution in [0.1, 0.15) is 6.92 Å². The molecule has 0 amide bonds. The Morgan fingerprint density at radius 1 is 1.75 bits per heavy atom. The first-order valence-corrected chi connectivity index (χ1v) is 5.53. The molecule has 88 valence electrons. The first-order valence-electron chi connectivity index (χ1n) is 4.55. The van der Waals surface area contributed by atoms with Crippen molar-refractivity contribution in [3.05, 3.63) is 16.3 Å². The van der Waals surface area contributed by atoms with Crippen LogP contribution in [0.3, 0.4) is 0 Å². The van der Waals surface area contributed by atoms with Gasteiger partial charge in [-0.3, -0.25) is 10.1 Å². The van der Waals surface area contributed by atoms with Crippen LogP contribution < -0.4 is 5.73 Å². The van der Waals surface area contributed by atoms with Crippen molar-refractivity contribution >= 4 is 23.4 Å². The van der Waals surface area contributed by atoms with Crippen LogP contribution in [0.15, 0.2) is 11.2 Å². The van der Waals surface area contributed by atoms with Crippen LogP contribution in [0.4, 0.5) is 11.6 Å². The molecule has 0 spiro atoms. The number of nitro groups is 1. The van der Waals surface area contributed by atoms with Crippen molar-refractivity contribution in [1.29, 1.82) is 0 Å². The number of nitrogens with two attached hydrogens (primary N) is 1. The Kier molecular flexibility index (Phi) is 4.44. The van der Waals surface area contributed by atoms with Crippen molar-refractivity contribution in [1.82, 2.24) is 9.97 Å². The summed E-state index contributed by atoms with van der Waals surface area (Å²) in [6.45, 7) is 1.87. The van der Waals surface area contributed by atoms with Crippen molar-refractivity contribution in [2.24, 2.45) is 5.92 Å². The molecule has 8 heteroatoms. The Bertz CT molecular complexity index is 388. The van der Waals surface area contributed by atoms with Crippen LogP contribution in [0, 0.1) is 16.0 Å². The minimum atomic E-state index is -0.550. The molecule has 0 saturated carbocycles. The molecule has 0 bridgehead atoms. The zero-order chi connectivity index (χ0) is 12.1. The van der Waals surface area contributed by atoms with Crippen LogP contribution in [0.25, 0.3) is 0 Å². The van der Waals surface area contributed by atoms with E-state index >= 15 is 0 Å². The molecule has 16 heavy (non-hydrogen) atoms. The standard InChI is InChI=1S/C8H12N4O3S/c1-5(3-13)4-16-7-6(12(14)15)2-10-8(9)11-7/h2,5,13H,3-4H2,1H3,(H2,9,10,11). The number of rotatable bonds is 5. The summed E-state index contributed by atoms with van der Waals surface area (Å²) in [4.78, 5) is 17.5. The van der Waals surface area contributed by atoms with E-state index in [4.69, 9.17) is 10.8 Å². The molecule has 0 saturated heterocycles. The van der Waals surface area contributed by atoms with E-state index in [1.807, 2.05) is 6.92 Å². The van der Waals surface area contributed by atoms with Gasteiger partial charge in [0.1, 0.15) is 6.20 Å². The van der Waals surface area contributed by atoms with Gasteiger partial charge in [-0.25, -0.2) is 4.98 Å². The number of anilines is 1. The van der Waals surface area contributed by atoms with E-state index in [9.17, 15) is 10.1 Å². The van der Waals surface area contributed by atoms with Crippen LogP contribution in [-0.2, 0) is 0 Å². The van der Waals surface area contributed by atoms with E-state index in [1.165, 1.54) is 11.8 Å². The average molecular weight is 244 g/mol. The normalized spacial score (nSPS) is 12.4. The zero-order valence-electron chi connectivity index (χ0n) is 8.66. The van der Waals surface area contributed by atoms with Gasteiger partial charge in [-0.2, -0.15) is 4.98 Å². The number of aliphatic hydroxyl groups is 1. The third kappa shape index (κ3) is 3.31. The van der Waals surface area contributed by atoms with Gasteiger partial charge >= 0.3 is 5.69 Å². The smallest absolute Gasteiger partial charge is 0.319 e. The molecule has 1 unspecified atom stereocenters. The highest BCUT2D eigenvalue weighted by Gasteiger charge is 2.17. The maximum atomic E-state index is 10.7. The van der Waals surface area contributed by atoms with Gasteiger partial charge in [0.25, 0.3) is 0 Å². The molecule has 1 heterocycles. The summed E-state index contributed by atoms with van der Waals surface area (Å²) in [5.41, 5.74) is 5.20. The Morgan fingerprint density at radius 3 is 3.00 bits per heavy atom. The first-order chi connectivity index (χ1) is 7.54. The Hall–Kier alpha value is -1.41. The quantitative estimate of drug-likeness (QED) is 0.339. The van der Waals surface area contributed by atoms with Crippen LogP contribution >= 0.6 is 11.8 Å². The Balaban J connectivity index is 2.84. The summed E-state index contributed by atoms with van der Waals surface area (Å²) in [5, 5.41) is 19.7. The number of hydrogen-bond donors (Lipinski definition) is 2. The van der Waals surface area contributed by atoms with Gasteiger partial charge in [-0.1, -0.05) is 18.7 Å². The average Bonchev–Trinajstić information content (AvgIpc) is 2.25. The fourth-order valence-electron chi connectivity index (χ4n) is 0.878. The minimum Gasteiger partial charge on any atom is -0.396 e. The zero-order valence-corrected chi connectivity index (χ0v) is 9.48. The van der Waals surface area contributed by atoms with E-state index in [2.05, 4.69) is 9.97 Å². The van der Waals surface area contributed by atoms with Crippen molar-refractivity contribution < 1.29 is 10.0 Å². The van der Waals surface area contributed by atoms with E-state index < -0.39 is 4.92 Å².